The van der Waals surface area contributed by atoms with Crippen LogP contribution in [0.2, 0.25) is 0 Å². The summed E-state index contributed by atoms with van der Waals surface area (Å²) >= 11 is 0. The van der Waals surface area contributed by atoms with Crippen molar-refractivity contribution in [3.05, 3.63) is 77.0 Å². The van der Waals surface area contributed by atoms with Crippen molar-refractivity contribution in [2.75, 3.05) is 82.0 Å². The predicted octanol–water partition coefficient (Wildman–Crippen LogP) is 3.70. The van der Waals surface area contributed by atoms with Gasteiger partial charge in [0.25, 0.3) is 11.8 Å². The van der Waals surface area contributed by atoms with Gasteiger partial charge in [-0.2, -0.15) is 10.2 Å². The largest absolute Gasteiger partial charge is 0.495 e. The van der Waals surface area contributed by atoms with Crippen LogP contribution in [0.5, 0.6) is 5.75 Å². The molecule has 5 heterocycles. The third-order valence-electron chi connectivity index (χ3n) is 12.4. The van der Waals surface area contributed by atoms with E-state index in [9.17, 15) is 29.2 Å². The summed E-state index contributed by atoms with van der Waals surface area (Å²) in [6.45, 7) is 4.32. The summed E-state index contributed by atoms with van der Waals surface area (Å²) in [5, 5.41) is 21.1. The number of nitrogens with one attached hydrogen (secondary N) is 4. The van der Waals surface area contributed by atoms with E-state index in [-0.39, 0.29) is 82.2 Å². The number of imide groups is 1. The quantitative estimate of drug-likeness (QED) is 0.0648. The Hall–Kier alpha value is -6.99. The highest BCUT2D eigenvalue weighted by Crippen LogP contribution is 2.45. The van der Waals surface area contributed by atoms with Gasteiger partial charge in [0, 0.05) is 47.9 Å². The van der Waals surface area contributed by atoms with E-state index in [0.717, 1.165) is 49.3 Å². The van der Waals surface area contributed by atoms with Crippen LogP contribution in [0.15, 0.2) is 48.9 Å². The molecule has 0 radical (unpaired) electrons. The zero-order chi connectivity index (χ0) is 47.6. The highest BCUT2D eigenvalue weighted by Gasteiger charge is 2.41. The zero-order valence-corrected chi connectivity index (χ0v) is 38.1. The maximum absolute atomic E-state index is 13.0. The Balaban J connectivity index is 0.693. The number of aromatic nitrogens is 4. The second-order valence-electron chi connectivity index (χ2n) is 16.6. The van der Waals surface area contributed by atoms with Crippen LogP contribution in [0, 0.1) is 11.3 Å². The number of fused-ring (bicyclic) bond motifs is 4. The number of imidazole rings is 1. The third kappa shape index (κ3) is 10.6. The summed E-state index contributed by atoms with van der Waals surface area (Å²) in [5.41, 5.74) is 4.53. The zero-order valence-electron chi connectivity index (χ0n) is 38.1. The van der Waals surface area contributed by atoms with Crippen molar-refractivity contribution in [2.45, 2.75) is 76.5 Å². The number of nitriles is 1. The second kappa shape index (κ2) is 22.2. The van der Waals surface area contributed by atoms with Gasteiger partial charge in [0.15, 0.2) is 11.5 Å². The molecule has 4 aromatic rings. The first-order valence-corrected chi connectivity index (χ1v) is 22.9. The number of benzene rings is 2. The Morgan fingerprint density at radius 3 is 2.40 bits per heavy atom. The van der Waals surface area contributed by atoms with E-state index in [4.69, 9.17) is 28.7 Å². The number of anilines is 4. The summed E-state index contributed by atoms with van der Waals surface area (Å²) in [5.74, 6) is -0.273. The number of carbonyl (C=O) groups excluding carboxylic acids is 5. The van der Waals surface area contributed by atoms with Crippen LogP contribution >= 0.6 is 0 Å². The molecule has 2 aromatic heterocycles. The third-order valence-corrected chi connectivity index (χ3v) is 12.4. The molecule has 0 bridgehead atoms. The molecule has 1 aliphatic carbocycles. The molecule has 1 unspecified atom stereocenters. The van der Waals surface area contributed by atoms with Crippen molar-refractivity contribution in [1.82, 2.24) is 35.1 Å². The molecule has 2 fully saturated rings. The van der Waals surface area contributed by atoms with Gasteiger partial charge in [-0.15, -0.1) is 0 Å². The molecule has 0 spiro atoms. The van der Waals surface area contributed by atoms with Gasteiger partial charge < -0.3 is 49.4 Å². The van der Waals surface area contributed by atoms with Crippen molar-refractivity contribution in [2.24, 2.45) is 0 Å². The molecular formula is C47H55N11O10. The molecule has 5 amide bonds. The van der Waals surface area contributed by atoms with Crippen molar-refractivity contribution in [3.63, 3.8) is 0 Å². The summed E-state index contributed by atoms with van der Waals surface area (Å²) in [7, 11) is 1.53. The predicted molar refractivity (Wildman–Crippen MR) is 245 cm³/mol. The highest BCUT2D eigenvalue weighted by molar-refractivity contribution is 6.07. The van der Waals surface area contributed by atoms with Crippen molar-refractivity contribution < 1.29 is 47.7 Å². The SMILES string of the molecule is CC[C@@H]1c2c(C#N)ncn2-c2cnc(Nc3ccc(C(=O)NCCOCCOCCOCCOCC(=O)Nc4cccc5c4CN(C4CCC(=O)NC4=O)C5=O)cc3OC)nc2N1C1CCCC1. The molecule has 2 atom stereocenters. The fourth-order valence-electron chi connectivity index (χ4n) is 9.13. The number of amides is 5. The van der Waals surface area contributed by atoms with Gasteiger partial charge in [0.1, 0.15) is 36.5 Å². The first kappa shape index (κ1) is 47.5. The van der Waals surface area contributed by atoms with E-state index in [1.54, 1.807) is 48.9 Å². The van der Waals surface area contributed by atoms with Crippen LogP contribution in [-0.2, 0) is 39.9 Å². The molecule has 21 nitrogen and oxygen atoms in total. The first-order valence-electron chi connectivity index (χ1n) is 22.9. The van der Waals surface area contributed by atoms with E-state index in [1.165, 1.54) is 12.0 Å². The summed E-state index contributed by atoms with van der Waals surface area (Å²) in [4.78, 5) is 80.4. The van der Waals surface area contributed by atoms with Gasteiger partial charge in [-0.25, -0.2) is 9.97 Å². The van der Waals surface area contributed by atoms with Crippen molar-refractivity contribution >= 4 is 52.7 Å². The van der Waals surface area contributed by atoms with Gasteiger partial charge >= 0.3 is 0 Å². The fourth-order valence-corrected chi connectivity index (χ4v) is 9.13. The molecule has 358 valence electrons. The molecule has 2 aromatic carbocycles. The second-order valence-corrected chi connectivity index (χ2v) is 16.6. The maximum Gasteiger partial charge on any atom is 0.255 e. The van der Waals surface area contributed by atoms with Crippen LogP contribution in [0.4, 0.5) is 23.1 Å². The fraction of sp³-hybridized carbons (Fsp3) is 0.468. The number of methoxy groups -OCH3 is 1. The summed E-state index contributed by atoms with van der Waals surface area (Å²) in [6.07, 6.45) is 9.00. The van der Waals surface area contributed by atoms with E-state index >= 15 is 0 Å². The van der Waals surface area contributed by atoms with Gasteiger partial charge in [-0.1, -0.05) is 25.8 Å². The lowest BCUT2D eigenvalue weighted by Crippen LogP contribution is -2.52. The van der Waals surface area contributed by atoms with Crippen LogP contribution < -0.4 is 30.9 Å². The molecule has 68 heavy (non-hydrogen) atoms. The first-order chi connectivity index (χ1) is 33.2. The molecule has 21 heteroatoms. The van der Waals surface area contributed by atoms with E-state index in [1.807, 2.05) is 4.57 Å². The number of rotatable bonds is 22. The van der Waals surface area contributed by atoms with Crippen LogP contribution in [0.3, 0.4) is 0 Å². The van der Waals surface area contributed by atoms with Gasteiger partial charge in [-0.3, -0.25) is 33.9 Å². The normalized spacial score (nSPS) is 17.6. The minimum Gasteiger partial charge on any atom is -0.495 e. The monoisotopic (exact) mass is 933 g/mol. The molecule has 1 saturated carbocycles. The van der Waals surface area contributed by atoms with E-state index < -0.39 is 17.9 Å². The molecule has 3 aliphatic heterocycles. The number of hydrogen-bond acceptors (Lipinski definition) is 16. The van der Waals surface area contributed by atoms with Crippen LogP contribution in [0.1, 0.15) is 95.6 Å². The van der Waals surface area contributed by atoms with E-state index in [2.05, 4.69) is 49.1 Å². The summed E-state index contributed by atoms with van der Waals surface area (Å²) < 4.78 is 29.7. The number of piperidine rings is 1. The molecular weight excluding hydrogens is 879 g/mol. The van der Waals surface area contributed by atoms with Crippen LogP contribution in [0.25, 0.3) is 5.69 Å². The lowest BCUT2D eigenvalue weighted by Gasteiger charge is -2.41. The minimum atomic E-state index is -0.748. The molecule has 4 N–H and O–H groups in total. The van der Waals surface area contributed by atoms with Gasteiger partial charge in [0.05, 0.1) is 77.0 Å². The average molecular weight is 934 g/mol. The number of nitrogens with zero attached hydrogens (tertiary/aromatic N) is 7. The number of ether oxygens (including phenoxy) is 5. The average Bonchev–Trinajstić information content (AvgIpc) is 4.11. The number of carbonyl (C=O) groups is 5. The standard InChI is InChI=1S/C47H55N11O10/c1-3-36-42-35(24-48)51-28-57(42)38-25-50-47(55-43(38)58(36)30-7-4-5-8-30)53-34-12-11-29(23-39(34)64-2)44(61)49-15-16-65-17-18-66-19-20-67-21-22-68-27-41(60)52-33-10-6-9-31-32(33)26-56(46(31)63)37-13-14-40(59)54-45(37)62/h6,9-12,23,25,28,30,36-37H,3-5,7-8,13-22,26-27H2,1-2H3,(H,49,61)(H,52,60)(H,50,53,55)(H,54,59,62)/t36-,37?/m1/s1. The Kier molecular flexibility index (Phi) is 15.5. The van der Waals surface area contributed by atoms with Crippen molar-refractivity contribution in [1.29, 1.82) is 5.26 Å². The molecule has 1 saturated heterocycles. The minimum absolute atomic E-state index is 0.0508. The van der Waals surface area contributed by atoms with Crippen LogP contribution in [-0.4, -0.2) is 133 Å². The Bertz CT molecular complexity index is 2560. The van der Waals surface area contributed by atoms with E-state index in [0.29, 0.717) is 71.9 Å². The number of hydrogen-bond donors (Lipinski definition) is 4. The Labute approximate surface area is 392 Å². The Morgan fingerprint density at radius 1 is 0.926 bits per heavy atom. The lowest BCUT2D eigenvalue weighted by atomic mass is 10.0. The van der Waals surface area contributed by atoms with Gasteiger partial charge in [0.2, 0.25) is 23.7 Å². The maximum atomic E-state index is 13.0. The summed E-state index contributed by atoms with van der Waals surface area (Å²) in [6, 6.07) is 11.8. The molecule has 8 rings (SSSR count). The topological polar surface area (TPSA) is 253 Å². The molecule has 4 aliphatic rings. The highest BCUT2D eigenvalue weighted by atomic mass is 16.6. The smallest absolute Gasteiger partial charge is 0.255 e. The van der Waals surface area contributed by atoms with Gasteiger partial charge in [-0.05, 0) is 56.0 Å². The Morgan fingerprint density at radius 2 is 1.68 bits per heavy atom. The lowest BCUT2D eigenvalue weighted by molar-refractivity contribution is -0.137. The van der Waals surface area contributed by atoms with Crippen molar-refractivity contribution in [3.8, 4) is 17.5 Å².